The maximum absolute atomic E-state index is 10.3. The summed E-state index contributed by atoms with van der Waals surface area (Å²) < 4.78 is 0. The number of carbonyl (C=O) groups is 6. The first-order valence-corrected chi connectivity index (χ1v) is 6.34. The number of hydrogen-bond acceptors (Lipinski definition) is 8. The number of aliphatic carboxylic acids is 6. The number of carboxylic acids is 6. The number of hydrogen-bond donors (Lipinski definition) is 8. The minimum Gasteiger partial charge on any atom is -0.481 e. The molecule has 0 heterocycles. The zero-order chi connectivity index (χ0) is 21.3. The van der Waals surface area contributed by atoms with Crippen LogP contribution in [0.1, 0.15) is 25.7 Å². The Balaban J connectivity index is -0.000000411. The second kappa shape index (κ2) is 12.1. The van der Waals surface area contributed by atoms with Crippen molar-refractivity contribution in [1.29, 1.82) is 0 Å². The topological polar surface area (TPSA) is 264 Å². The van der Waals surface area contributed by atoms with Crippen LogP contribution >= 0.6 is 0 Å². The second-order valence-corrected chi connectivity index (χ2v) is 4.96. The van der Waals surface area contributed by atoms with E-state index in [0.29, 0.717) is 0 Å². The van der Waals surface area contributed by atoms with E-state index in [2.05, 4.69) is 0 Å². The molecule has 0 atom stereocenters. The molecule has 0 fully saturated rings. The molecule has 14 nitrogen and oxygen atoms in total. The molecule has 0 spiro atoms. The molecule has 0 aromatic carbocycles. The van der Waals surface area contributed by atoms with Gasteiger partial charge in [0.1, 0.15) is 0 Å². The predicted octanol–water partition coefficient (Wildman–Crippen LogP) is -2.88. The molecular formula is C12H16BiO14. The van der Waals surface area contributed by atoms with Gasteiger partial charge in [0.15, 0.2) is 11.2 Å². The minimum absolute atomic E-state index is 0. The van der Waals surface area contributed by atoms with Gasteiger partial charge in [0.2, 0.25) is 0 Å². The van der Waals surface area contributed by atoms with E-state index < -0.39 is 72.7 Å². The SMILES string of the molecule is O=C(O)CC(O)(CC(=O)O)C(=O)O.O=C(O)CC(O)(CC(=O)O)C(=O)O.[Bi]. The molecule has 0 aliphatic rings. The van der Waals surface area contributed by atoms with Crippen molar-refractivity contribution in [1.82, 2.24) is 0 Å². The van der Waals surface area contributed by atoms with Gasteiger partial charge in [-0.05, 0) is 0 Å². The fourth-order valence-electron chi connectivity index (χ4n) is 1.43. The standard InChI is InChI=1S/2C6H8O7.Bi/c2*7-3(8)1-6(13,5(11)12)2-4(9)10;/h2*13H,1-2H2,(H,7,8)(H,9,10)(H,11,12);. The van der Waals surface area contributed by atoms with Gasteiger partial charge in [-0.25, -0.2) is 9.59 Å². The van der Waals surface area contributed by atoms with Gasteiger partial charge in [0, 0.05) is 26.2 Å². The van der Waals surface area contributed by atoms with E-state index in [1.165, 1.54) is 0 Å². The summed E-state index contributed by atoms with van der Waals surface area (Å²) in [7, 11) is 0. The van der Waals surface area contributed by atoms with Crippen molar-refractivity contribution in [3.05, 3.63) is 0 Å². The first-order chi connectivity index (χ1) is 11.6. The Hall–Kier alpha value is -2.38. The molecule has 0 bridgehead atoms. The molecule has 27 heavy (non-hydrogen) atoms. The normalized spacial score (nSPS) is 10.4. The van der Waals surface area contributed by atoms with Gasteiger partial charge in [-0.2, -0.15) is 0 Å². The van der Waals surface area contributed by atoms with Crippen LogP contribution in [0.5, 0.6) is 0 Å². The molecule has 0 saturated heterocycles. The van der Waals surface area contributed by atoms with Crippen molar-refractivity contribution < 1.29 is 69.6 Å². The van der Waals surface area contributed by atoms with E-state index in [-0.39, 0.29) is 26.2 Å². The van der Waals surface area contributed by atoms with E-state index in [0.717, 1.165) is 0 Å². The number of rotatable bonds is 10. The van der Waals surface area contributed by atoms with Crippen LogP contribution in [0.25, 0.3) is 0 Å². The van der Waals surface area contributed by atoms with Crippen LogP contribution < -0.4 is 0 Å². The van der Waals surface area contributed by atoms with Crippen molar-refractivity contribution in [2.75, 3.05) is 0 Å². The van der Waals surface area contributed by atoms with Gasteiger partial charge < -0.3 is 40.9 Å². The van der Waals surface area contributed by atoms with Crippen molar-refractivity contribution in [2.45, 2.75) is 36.9 Å². The van der Waals surface area contributed by atoms with Gasteiger partial charge >= 0.3 is 35.8 Å². The first kappa shape index (κ1) is 29.4. The summed E-state index contributed by atoms with van der Waals surface area (Å²) in [6, 6.07) is 0. The van der Waals surface area contributed by atoms with Crippen LogP contribution in [0.2, 0.25) is 0 Å². The molecule has 0 aliphatic carbocycles. The Labute approximate surface area is 168 Å². The maximum atomic E-state index is 10.3. The van der Waals surface area contributed by atoms with Crippen molar-refractivity contribution in [3.8, 4) is 0 Å². The summed E-state index contributed by atoms with van der Waals surface area (Å²) in [5.74, 6) is -10.0. The summed E-state index contributed by atoms with van der Waals surface area (Å²) >= 11 is 0. The molecule has 0 aliphatic heterocycles. The van der Waals surface area contributed by atoms with Crippen molar-refractivity contribution in [2.24, 2.45) is 0 Å². The molecule has 0 aromatic heterocycles. The fourth-order valence-corrected chi connectivity index (χ4v) is 1.43. The van der Waals surface area contributed by atoms with E-state index in [9.17, 15) is 28.8 Å². The molecule has 0 rings (SSSR count). The predicted molar refractivity (Wildman–Crippen MR) is 79.9 cm³/mol. The zero-order valence-electron chi connectivity index (χ0n) is 13.3. The van der Waals surface area contributed by atoms with Crippen LogP contribution in [0.15, 0.2) is 0 Å². The van der Waals surface area contributed by atoms with Gasteiger partial charge in [0.05, 0.1) is 25.7 Å². The number of aliphatic hydroxyl groups is 2. The molecule has 0 aromatic rings. The molecule has 8 N–H and O–H groups in total. The quantitative estimate of drug-likeness (QED) is 0.118. The van der Waals surface area contributed by atoms with E-state index >= 15 is 0 Å². The average Bonchev–Trinajstić information content (AvgIpc) is 2.34. The average molecular weight is 593 g/mol. The summed E-state index contributed by atoms with van der Waals surface area (Å²) in [6.45, 7) is 0. The molecule has 0 saturated carbocycles. The van der Waals surface area contributed by atoms with E-state index in [1.807, 2.05) is 0 Å². The Morgan fingerprint density at radius 2 is 0.630 bits per heavy atom. The van der Waals surface area contributed by atoms with E-state index in [1.54, 1.807) is 0 Å². The van der Waals surface area contributed by atoms with Crippen LogP contribution in [0, 0.1) is 0 Å². The van der Waals surface area contributed by atoms with Gasteiger partial charge in [-0.3, -0.25) is 19.2 Å². The summed E-state index contributed by atoms with van der Waals surface area (Å²) in [6.07, 6.45) is -4.58. The van der Waals surface area contributed by atoms with Crippen LogP contribution in [-0.2, 0) is 28.8 Å². The third-order valence-electron chi connectivity index (χ3n) is 2.57. The largest absolute Gasteiger partial charge is 0.481 e. The monoisotopic (exact) mass is 593 g/mol. The minimum atomic E-state index is -2.74. The maximum Gasteiger partial charge on any atom is 0.336 e. The number of carboxylic acid groups (broad SMARTS) is 6. The van der Waals surface area contributed by atoms with Gasteiger partial charge in [-0.15, -0.1) is 0 Å². The Morgan fingerprint density at radius 1 is 0.481 bits per heavy atom. The second-order valence-electron chi connectivity index (χ2n) is 4.96. The fraction of sp³-hybridized carbons (Fsp3) is 0.500. The smallest absolute Gasteiger partial charge is 0.336 e. The Bertz CT molecular complexity index is 513. The van der Waals surface area contributed by atoms with E-state index in [4.69, 9.17) is 40.9 Å². The third kappa shape index (κ3) is 12.6. The Morgan fingerprint density at radius 3 is 0.704 bits per heavy atom. The van der Waals surface area contributed by atoms with Crippen molar-refractivity contribution >= 4 is 62.0 Å². The van der Waals surface area contributed by atoms with Crippen LogP contribution in [0.4, 0.5) is 0 Å². The van der Waals surface area contributed by atoms with Crippen LogP contribution in [0.3, 0.4) is 0 Å². The molecule has 153 valence electrons. The molecular weight excluding hydrogens is 577 g/mol. The summed E-state index contributed by atoms with van der Waals surface area (Å²) in [5, 5.41) is 67.6. The molecule has 15 heteroatoms. The summed E-state index contributed by atoms with van der Waals surface area (Å²) in [5.41, 5.74) is -5.48. The molecule has 3 radical (unpaired) electrons. The third-order valence-corrected chi connectivity index (χ3v) is 2.57. The molecule has 0 amide bonds. The summed E-state index contributed by atoms with van der Waals surface area (Å²) in [4.78, 5) is 61.0. The first-order valence-electron chi connectivity index (χ1n) is 6.34. The van der Waals surface area contributed by atoms with Crippen LogP contribution in [-0.4, -0.2) is 114 Å². The van der Waals surface area contributed by atoms with Gasteiger partial charge in [-0.1, -0.05) is 0 Å². The van der Waals surface area contributed by atoms with Gasteiger partial charge in [0.25, 0.3) is 0 Å². The zero-order valence-corrected chi connectivity index (χ0v) is 16.8. The molecule has 0 unspecified atom stereocenters. The Kier molecular flexibility index (Phi) is 13.2. The van der Waals surface area contributed by atoms with Crippen molar-refractivity contribution in [3.63, 3.8) is 0 Å².